The van der Waals surface area contributed by atoms with E-state index in [9.17, 15) is 0 Å². The van der Waals surface area contributed by atoms with E-state index in [2.05, 4.69) is 49.6 Å². The van der Waals surface area contributed by atoms with E-state index in [1.165, 1.54) is 36.3 Å². The first kappa shape index (κ1) is 12.0. The van der Waals surface area contributed by atoms with Crippen LogP contribution >= 0.6 is 0 Å². The fourth-order valence-electron chi connectivity index (χ4n) is 3.09. The van der Waals surface area contributed by atoms with Crippen LogP contribution in [0.25, 0.3) is 0 Å². The number of nitrogens with one attached hydrogen (secondary N) is 1. The molecule has 0 saturated carbocycles. The number of benzene rings is 1. The Morgan fingerprint density at radius 3 is 2.67 bits per heavy atom. The molecule has 3 heteroatoms. The fourth-order valence-corrected chi connectivity index (χ4v) is 3.09. The minimum Gasteiger partial charge on any atom is -0.365 e. The van der Waals surface area contributed by atoms with Gasteiger partial charge in [-0.25, -0.2) is 0 Å². The average molecular weight is 246 g/mol. The maximum absolute atomic E-state index is 3.42. The lowest BCUT2D eigenvalue weighted by molar-refractivity contribution is -0.893. The summed E-state index contributed by atoms with van der Waals surface area (Å²) in [6.07, 6.45) is 1.30. The minimum absolute atomic E-state index is 0.761. The first-order valence-corrected chi connectivity index (χ1v) is 6.92. The van der Waals surface area contributed by atoms with Crippen LogP contribution in [0.5, 0.6) is 0 Å². The lowest BCUT2D eigenvalue weighted by Crippen LogP contribution is -2.46. The summed E-state index contributed by atoms with van der Waals surface area (Å²) >= 11 is 0. The lowest BCUT2D eigenvalue weighted by Gasteiger charge is -2.31. The van der Waals surface area contributed by atoms with Gasteiger partial charge in [-0.2, -0.15) is 0 Å². The number of hydrogen-bond donors (Lipinski definition) is 1. The Bertz CT molecular complexity index is 448. The predicted molar refractivity (Wildman–Crippen MR) is 75.6 cm³/mol. The molecule has 1 unspecified atom stereocenters. The van der Waals surface area contributed by atoms with Gasteiger partial charge in [0.05, 0.1) is 27.7 Å². The third kappa shape index (κ3) is 2.13. The molecule has 3 nitrogen and oxygen atoms in total. The number of nitrogens with zero attached hydrogens (tertiary/aromatic N) is 2. The zero-order valence-corrected chi connectivity index (χ0v) is 11.7. The highest BCUT2D eigenvalue weighted by atomic mass is 15.4. The van der Waals surface area contributed by atoms with Crippen molar-refractivity contribution in [3.05, 3.63) is 29.3 Å². The van der Waals surface area contributed by atoms with Crippen molar-refractivity contribution >= 4 is 5.69 Å². The summed E-state index contributed by atoms with van der Waals surface area (Å²) in [6, 6.07) is 7.73. The Hall–Kier alpha value is -1.06. The molecular weight excluding hydrogens is 222 g/mol. The highest BCUT2D eigenvalue weighted by molar-refractivity contribution is 5.52. The monoisotopic (exact) mass is 246 g/mol. The Kier molecular flexibility index (Phi) is 2.83. The van der Waals surface area contributed by atoms with Crippen LogP contribution in [0.15, 0.2) is 18.2 Å². The second-order valence-corrected chi connectivity index (χ2v) is 6.56. The first-order valence-electron chi connectivity index (χ1n) is 6.92. The van der Waals surface area contributed by atoms with Crippen molar-refractivity contribution < 1.29 is 4.48 Å². The van der Waals surface area contributed by atoms with Crippen molar-refractivity contribution in [2.24, 2.45) is 0 Å². The molecule has 1 N–H and O–H groups in total. The molecule has 0 spiro atoms. The summed E-state index contributed by atoms with van der Waals surface area (Å²) in [4.78, 5) is 2.55. The number of rotatable bonds is 2. The third-order valence-corrected chi connectivity index (χ3v) is 4.44. The average Bonchev–Trinajstić information content (AvgIpc) is 2.96. The van der Waals surface area contributed by atoms with Gasteiger partial charge in [0, 0.05) is 31.7 Å². The summed E-state index contributed by atoms with van der Waals surface area (Å²) < 4.78 is 1.07. The summed E-state index contributed by atoms with van der Waals surface area (Å²) in [7, 11) is 6.92. The van der Waals surface area contributed by atoms with E-state index in [-0.39, 0.29) is 0 Å². The van der Waals surface area contributed by atoms with Crippen LogP contribution in [0, 0.1) is 0 Å². The normalized spacial score (nSPS) is 23.5. The molecule has 2 heterocycles. The Labute approximate surface area is 110 Å². The number of quaternary nitrogens is 1. The van der Waals surface area contributed by atoms with Crippen molar-refractivity contribution in [3.63, 3.8) is 0 Å². The van der Waals surface area contributed by atoms with E-state index < -0.39 is 0 Å². The molecule has 0 bridgehead atoms. The highest BCUT2D eigenvalue weighted by Crippen LogP contribution is 2.27. The molecule has 1 atom stereocenters. The molecule has 2 aliphatic rings. The van der Waals surface area contributed by atoms with E-state index in [4.69, 9.17) is 0 Å². The van der Waals surface area contributed by atoms with Gasteiger partial charge in [0.2, 0.25) is 0 Å². The van der Waals surface area contributed by atoms with E-state index in [0.29, 0.717) is 0 Å². The second kappa shape index (κ2) is 4.25. The van der Waals surface area contributed by atoms with Gasteiger partial charge in [0.1, 0.15) is 6.04 Å². The maximum Gasteiger partial charge on any atom is 0.108 e. The van der Waals surface area contributed by atoms with Crippen molar-refractivity contribution in [2.45, 2.75) is 25.6 Å². The topological polar surface area (TPSA) is 15.3 Å². The van der Waals surface area contributed by atoms with Gasteiger partial charge in [-0.05, 0) is 23.3 Å². The van der Waals surface area contributed by atoms with Crippen molar-refractivity contribution in [2.75, 3.05) is 39.1 Å². The molecule has 98 valence electrons. The lowest BCUT2D eigenvalue weighted by atomic mass is 10.1. The zero-order valence-electron chi connectivity index (χ0n) is 11.7. The van der Waals surface area contributed by atoms with Crippen LogP contribution in [0.1, 0.15) is 17.5 Å². The molecule has 0 aromatic heterocycles. The van der Waals surface area contributed by atoms with Crippen LogP contribution < -0.4 is 10.2 Å². The fraction of sp³-hybridized carbons (Fsp3) is 0.600. The largest absolute Gasteiger partial charge is 0.365 e. The smallest absolute Gasteiger partial charge is 0.108 e. The molecule has 1 aromatic rings. The van der Waals surface area contributed by atoms with E-state index in [0.717, 1.165) is 23.6 Å². The molecule has 0 radical (unpaired) electrons. The first-order chi connectivity index (χ1) is 8.54. The number of anilines is 1. The molecule has 0 aliphatic carbocycles. The third-order valence-electron chi connectivity index (χ3n) is 4.44. The standard InChI is InChI=1S/C15H24N3/c1-18(2,3)15-6-7-17(11-15)14-5-4-12-9-16-10-13(12)8-14/h4-5,8,15-16H,6-7,9-11H2,1-3H3/q+1. The zero-order chi connectivity index (χ0) is 12.8. The maximum atomic E-state index is 3.42. The number of hydrogen-bond acceptors (Lipinski definition) is 2. The SMILES string of the molecule is C[N+](C)(C)C1CCN(c2ccc3c(c2)CNC3)C1. The number of fused-ring (bicyclic) bond motifs is 1. The van der Waals surface area contributed by atoms with Crippen molar-refractivity contribution in [1.29, 1.82) is 0 Å². The van der Waals surface area contributed by atoms with Gasteiger partial charge in [-0.1, -0.05) is 6.07 Å². The van der Waals surface area contributed by atoms with Crippen LogP contribution in [-0.4, -0.2) is 44.8 Å². The quantitative estimate of drug-likeness (QED) is 0.797. The van der Waals surface area contributed by atoms with Crippen LogP contribution in [0.2, 0.25) is 0 Å². The minimum atomic E-state index is 0.761. The van der Waals surface area contributed by atoms with Gasteiger partial charge >= 0.3 is 0 Å². The van der Waals surface area contributed by atoms with Gasteiger partial charge < -0.3 is 14.7 Å². The highest BCUT2D eigenvalue weighted by Gasteiger charge is 2.32. The Morgan fingerprint density at radius 2 is 1.94 bits per heavy atom. The van der Waals surface area contributed by atoms with Gasteiger partial charge in [0.15, 0.2) is 0 Å². The number of likely N-dealkylation sites (N-methyl/N-ethyl adjacent to an activating group) is 1. The predicted octanol–water partition coefficient (Wildman–Crippen LogP) is 1.57. The summed E-state index contributed by atoms with van der Waals surface area (Å²) in [5.74, 6) is 0. The van der Waals surface area contributed by atoms with Crippen LogP contribution in [-0.2, 0) is 13.1 Å². The van der Waals surface area contributed by atoms with E-state index in [1.54, 1.807) is 0 Å². The van der Waals surface area contributed by atoms with E-state index >= 15 is 0 Å². The van der Waals surface area contributed by atoms with Gasteiger partial charge in [0.25, 0.3) is 0 Å². The summed E-state index contributed by atoms with van der Waals surface area (Å²) in [6.45, 7) is 4.47. The molecular formula is C15H24N3+. The molecule has 1 aromatic carbocycles. The van der Waals surface area contributed by atoms with Crippen LogP contribution in [0.4, 0.5) is 5.69 Å². The van der Waals surface area contributed by atoms with Crippen molar-refractivity contribution in [1.82, 2.24) is 5.32 Å². The second-order valence-electron chi connectivity index (χ2n) is 6.56. The molecule has 0 amide bonds. The van der Waals surface area contributed by atoms with Crippen molar-refractivity contribution in [3.8, 4) is 0 Å². The van der Waals surface area contributed by atoms with Gasteiger partial charge in [-0.15, -0.1) is 0 Å². The van der Waals surface area contributed by atoms with Gasteiger partial charge in [-0.3, -0.25) is 0 Å². The summed E-state index contributed by atoms with van der Waals surface area (Å²) in [5.41, 5.74) is 4.37. The molecule has 1 fully saturated rings. The molecule has 2 aliphatic heterocycles. The molecule has 18 heavy (non-hydrogen) atoms. The Morgan fingerprint density at radius 1 is 1.17 bits per heavy atom. The summed E-state index contributed by atoms with van der Waals surface area (Å²) in [5, 5.41) is 3.42. The van der Waals surface area contributed by atoms with Crippen LogP contribution in [0.3, 0.4) is 0 Å². The molecule has 3 rings (SSSR count). The van der Waals surface area contributed by atoms with E-state index in [1.807, 2.05) is 0 Å². The molecule has 1 saturated heterocycles. The Balaban J connectivity index is 1.77.